The third-order valence-corrected chi connectivity index (χ3v) is 3.63. The van der Waals surface area contributed by atoms with Gasteiger partial charge in [0.1, 0.15) is 12.4 Å². The number of aromatic nitrogens is 1. The molecule has 0 aliphatic heterocycles. The van der Waals surface area contributed by atoms with E-state index in [1.54, 1.807) is 12.3 Å². The molecule has 0 fully saturated rings. The number of carbonyl (C=O) groups excluding carboxylic acids is 1. The highest BCUT2D eigenvalue weighted by atomic mass is 16.5. The molecule has 1 amide bonds. The predicted molar refractivity (Wildman–Crippen MR) is 91.9 cm³/mol. The summed E-state index contributed by atoms with van der Waals surface area (Å²) in [6.45, 7) is 0.528. The fraction of sp³-hybridized carbons (Fsp3) is 0.158. The Balaban J connectivity index is 1.70. The molecule has 122 valence electrons. The number of amides is 1. The summed E-state index contributed by atoms with van der Waals surface area (Å²) in [5, 5.41) is 12.7. The average molecular weight is 322 g/mol. The SMILES string of the molecule is O=C(NCc1ccccc1OCCO)c1ccc2ncccc2c1. The second-order valence-corrected chi connectivity index (χ2v) is 5.27. The molecule has 0 aliphatic rings. The minimum atomic E-state index is -0.155. The third-order valence-electron chi connectivity index (χ3n) is 3.63. The van der Waals surface area contributed by atoms with Gasteiger partial charge in [0, 0.05) is 29.3 Å². The number of benzene rings is 2. The van der Waals surface area contributed by atoms with E-state index in [-0.39, 0.29) is 19.1 Å². The van der Waals surface area contributed by atoms with Crippen molar-refractivity contribution in [3.05, 3.63) is 71.9 Å². The van der Waals surface area contributed by atoms with Crippen molar-refractivity contribution in [1.29, 1.82) is 0 Å². The molecule has 2 N–H and O–H groups in total. The average Bonchev–Trinajstić information content (AvgIpc) is 2.64. The fourth-order valence-corrected chi connectivity index (χ4v) is 2.44. The fourth-order valence-electron chi connectivity index (χ4n) is 2.44. The van der Waals surface area contributed by atoms with Crippen LogP contribution < -0.4 is 10.1 Å². The maximum atomic E-state index is 12.4. The summed E-state index contributed by atoms with van der Waals surface area (Å²) in [5.74, 6) is 0.507. The number of ether oxygens (including phenoxy) is 1. The molecular weight excluding hydrogens is 304 g/mol. The van der Waals surface area contributed by atoms with E-state index in [0.717, 1.165) is 16.5 Å². The smallest absolute Gasteiger partial charge is 0.251 e. The van der Waals surface area contributed by atoms with Crippen LogP contribution in [0.1, 0.15) is 15.9 Å². The number of nitrogens with one attached hydrogen (secondary N) is 1. The summed E-state index contributed by atoms with van der Waals surface area (Å²) in [7, 11) is 0. The first-order valence-electron chi connectivity index (χ1n) is 7.72. The molecule has 2 aromatic carbocycles. The monoisotopic (exact) mass is 322 g/mol. The molecule has 0 aliphatic carbocycles. The molecule has 0 radical (unpaired) electrons. The van der Waals surface area contributed by atoms with Gasteiger partial charge in [-0.25, -0.2) is 0 Å². The van der Waals surface area contributed by atoms with E-state index in [9.17, 15) is 4.79 Å². The lowest BCUT2D eigenvalue weighted by atomic mass is 10.1. The molecule has 0 bridgehead atoms. The van der Waals surface area contributed by atoms with Gasteiger partial charge in [0.05, 0.1) is 12.1 Å². The molecule has 0 spiro atoms. The number of rotatable bonds is 6. The third kappa shape index (κ3) is 3.70. The van der Waals surface area contributed by atoms with E-state index in [0.29, 0.717) is 17.9 Å². The summed E-state index contributed by atoms with van der Waals surface area (Å²) in [6, 6.07) is 16.6. The number of carbonyl (C=O) groups is 1. The van der Waals surface area contributed by atoms with Crippen molar-refractivity contribution < 1.29 is 14.6 Å². The highest BCUT2D eigenvalue weighted by molar-refractivity contribution is 5.97. The van der Waals surface area contributed by atoms with Crippen LogP contribution in [0.3, 0.4) is 0 Å². The van der Waals surface area contributed by atoms with Crippen molar-refractivity contribution in [2.24, 2.45) is 0 Å². The lowest BCUT2D eigenvalue weighted by Crippen LogP contribution is -2.23. The first-order valence-corrected chi connectivity index (χ1v) is 7.72. The maximum Gasteiger partial charge on any atom is 0.251 e. The molecule has 1 aromatic heterocycles. The lowest BCUT2D eigenvalue weighted by molar-refractivity contribution is 0.0950. The maximum absolute atomic E-state index is 12.4. The normalized spacial score (nSPS) is 10.5. The molecule has 1 heterocycles. The highest BCUT2D eigenvalue weighted by Crippen LogP contribution is 2.18. The first kappa shape index (κ1) is 16.0. The summed E-state index contributed by atoms with van der Waals surface area (Å²) >= 11 is 0. The van der Waals surface area contributed by atoms with Crippen molar-refractivity contribution in [1.82, 2.24) is 10.3 Å². The van der Waals surface area contributed by atoms with Gasteiger partial charge in [-0.2, -0.15) is 0 Å². The molecule has 0 atom stereocenters. The van der Waals surface area contributed by atoms with Crippen LogP contribution in [-0.2, 0) is 6.54 Å². The van der Waals surface area contributed by atoms with Crippen LogP contribution in [0.5, 0.6) is 5.75 Å². The van der Waals surface area contributed by atoms with E-state index in [1.807, 2.05) is 48.5 Å². The van der Waals surface area contributed by atoms with E-state index in [4.69, 9.17) is 9.84 Å². The zero-order chi connectivity index (χ0) is 16.8. The predicted octanol–water partition coefficient (Wildman–Crippen LogP) is 2.54. The Morgan fingerprint density at radius 1 is 1.12 bits per heavy atom. The number of hydrogen-bond acceptors (Lipinski definition) is 4. The number of nitrogens with zero attached hydrogens (tertiary/aromatic N) is 1. The number of pyridine rings is 1. The molecule has 3 rings (SSSR count). The number of para-hydroxylation sites is 1. The Labute approximate surface area is 139 Å². The van der Waals surface area contributed by atoms with Crippen LogP contribution >= 0.6 is 0 Å². The zero-order valence-corrected chi connectivity index (χ0v) is 13.1. The molecule has 5 nitrogen and oxygen atoms in total. The second kappa shape index (κ2) is 7.57. The zero-order valence-electron chi connectivity index (χ0n) is 13.1. The van der Waals surface area contributed by atoms with Crippen LogP contribution in [0.4, 0.5) is 0 Å². The largest absolute Gasteiger partial charge is 0.491 e. The standard InChI is InChI=1S/C19H18N2O3/c22-10-11-24-18-6-2-1-4-16(18)13-21-19(23)15-7-8-17-14(12-15)5-3-9-20-17/h1-9,12,22H,10-11,13H2,(H,21,23). The van der Waals surface area contributed by atoms with Gasteiger partial charge >= 0.3 is 0 Å². The van der Waals surface area contributed by atoms with Gasteiger partial charge in [0.15, 0.2) is 0 Å². The molecule has 3 aromatic rings. The van der Waals surface area contributed by atoms with Gasteiger partial charge in [0.25, 0.3) is 5.91 Å². The van der Waals surface area contributed by atoms with Crippen molar-refractivity contribution >= 4 is 16.8 Å². The van der Waals surface area contributed by atoms with Gasteiger partial charge in [-0.3, -0.25) is 9.78 Å². The quantitative estimate of drug-likeness (QED) is 0.731. The Morgan fingerprint density at radius 2 is 2.00 bits per heavy atom. The molecule has 0 unspecified atom stereocenters. The highest BCUT2D eigenvalue weighted by Gasteiger charge is 2.09. The Kier molecular flexibility index (Phi) is 5.03. The van der Waals surface area contributed by atoms with Gasteiger partial charge < -0.3 is 15.2 Å². The van der Waals surface area contributed by atoms with E-state index < -0.39 is 0 Å². The van der Waals surface area contributed by atoms with Crippen molar-refractivity contribution in [2.45, 2.75) is 6.54 Å². The Bertz CT molecular complexity index is 849. The molecule has 0 saturated heterocycles. The Hall–Kier alpha value is -2.92. The van der Waals surface area contributed by atoms with Gasteiger partial charge in [0.2, 0.25) is 0 Å². The summed E-state index contributed by atoms with van der Waals surface area (Å²) in [4.78, 5) is 16.6. The molecule has 0 saturated carbocycles. The number of aliphatic hydroxyl groups excluding tert-OH is 1. The first-order chi connectivity index (χ1) is 11.8. The van der Waals surface area contributed by atoms with Gasteiger partial charge in [-0.15, -0.1) is 0 Å². The minimum Gasteiger partial charge on any atom is -0.491 e. The summed E-state index contributed by atoms with van der Waals surface area (Å²) in [5.41, 5.74) is 2.31. The van der Waals surface area contributed by atoms with Gasteiger partial charge in [-0.05, 0) is 30.3 Å². The van der Waals surface area contributed by atoms with Gasteiger partial charge in [-0.1, -0.05) is 24.3 Å². The van der Waals surface area contributed by atoms with E-state index >= 15 is 0 Å². The van der Waals surface area contributed by atoms with Crippen LogP contribution in [0.2, 0.25) is 0 Å². The number of hydrogen-bond donors (Lipinski definition) is 2. The van der Waals surface area contributed by atoms with E-state index in [1.165, 1.54) is 0 Å². The van der Waals surface area contributed by atoms with Crippen LogP contribution in [0, 0.1) is 0 Å². The summed E-state index contributed by atoms with van der Waals surface area (Å²) in [6.07, 6.45) is 1.73. The molecule has 5 heteroatoms. The van der Waals surface area contributed by atoms with Crippen LogP contribution in [0.25, 0.3) is 10.9 Å². The summed E-state index contributed by atoms with van der Waals surface area (Å²) < 4.78 is 5.47. The molecular formula is C19H18N2O3. The van der Waals surface area contributed by atoms with Crippen LogP contribution in [0.15, 0.2) is 60.8 Å². The minimum absolute atomic E-state index is 0.0498. The molecule has 24 heavy (non-hydrogen) atoms. The Morgan fingerprint density at radius 3 is 2.88 bits per heavy atom. The van der Waals surface area contributed by atoms with Crippen molar-refractivity contribution in [3.8, 4) is 5.75 Å². The number of aliphatic hydroxyl groups is 1. The lowest BCUT2D eigenvalue weighted by Gasteiger charge is -2.11. The van der Waals surface area contributed by atoms with Crippen LogP contribution in [-0.4, -0.2) is 29.2 Å². The topological polar surface area (TPSA) is 71.5 Å². The van der Waals surface area contributed by atoms with Crippen molar-refractivity contribution in [2.75, 3.05) is 13.2 Å². The van der Waals surface area contributed by atoms with Crippen molar-refractivity contribution in [3.63, 3.8) is 0 Å². The van der Waals surface area contributed by atoms with E-state index in [2.05, 4.69) is 10.3 Å². The number of fused-ring (bicyclic) bond motifs is 1. The second-order valence-electron chi connectivity index (χ2n) is 5.27.